The number of carboxylic acid groups (broad SMARTS) is 1. The van der Waals surface area contributed by atoms with Crippen LogP contribution >= 0.6 is 0 Å². The van der Waals surface area contributed by atoms with Crippen molar-refractivity contribution in [2.24, 2.45) is 5.92 Å². The Balaban J connectivity index is 1.32. The van der Waals surface area contributed by atoms with E-state index in [2.05, 4.69) is 20.6 Å². The fraction of sp³-hybridized carbons (Fsp3) is 0.258. The first kappa shape index (κ1) is 29.8. The molecule has 4 N–H and O–H groups in total. The van der Waals surface area contributed by atoms with Crippen LogP contribution < -0.4 is 10.6 Å². The van der Waals surface area contributed by atoms with Crippen LogP contribution in [0.4, 0.5) is 4.79 Å². The van der Waals surface area contributed by atoms with E-state index < -0.39 is 24.0 Å². The number of aromatic nitrogens is 2. The quantitative estimate of drug-likeness (QED) is 0.201. The standard InChI is InChI=1S/C31H33N5O6/c1-20(2)29(38)36(18-27-33-24-10-6-7-11-25(24)34-27)17-21-12-14-23(15-13-21)28(37)32-16-26(30(39)40)35-31(41)42-19-22-8-4-3-5-9-22/h3-15,20,26H,16-19H2,1-2H3,(H,32,37)(H,33,34)(H,35,41)(H,39,40). The molecule has 4 aromatic rings. The number of aliphatic carboxylic acids is 1. The molecular weight excluding hydrogens is 538 g/mol. The summed E-state index contributed by atoms with van der Waals surface area (Å²) >= 11 is 0. The van der Waals surface area contributed by atoms with Gasteiger partial charge in [0.15, 0.2) is 0 Å². The molecule has 0 saturated carbocycles. The van der Waals surface area contributed by atoms with Crippen LogP contribution in [-0.2, 0) is 34.0 Å². The molecule has 0 aliphatic carbocycles. The third-order valence-electron chi connectivity index (χ3n) is 6.44. The number of rotatable bonds is 12. The predicted molar refractivity (Wildman–Crippen MR) is 155 cm³/mol. The van der Waals surface area contributed by atoms with Crippen molar-refractivity contribution in [3.63, 3.8) is 0 Å². The summed E-state index contributed by atoms with van der Waals surface area (Å²) in [5, 5.41) is 14.3. The summed E-state index contributed by atoms with van der Waals surface area (Å²) < 4.78 is 5.07. The van der Waals surface area contributed by atoms with Gasteiger partial charge < -0.3 is 30.4 Å². The number of benzene rings is 3. The average Bonchev–Trinajstić information content (AvgIpc) is 3.40. The SMILES string of the molecule is CC(C)C(=O)N(Cc1ccc(C(=O)NCC(NC(=O)OCc2ccccc2)C(=O)O)cc1)Cc1nc2ccccc2[nH]1. The highest BCUT2D eigenvalue weighted by Crippen LogP contribution is 2.16. The summed E-state index contributed by atoms with van der Waals surface area (Å²) in [4.78, 5) is 58.9. The highest BCUT2D eigenvalue weighted by Gasteiger charge is 2.23. The van der Waals surface area contributed by atoms with Crippen LogP contribution in [-0.4, -0.2) is 56.4 Å². The number of para-hydroxylation sites is 2. The van der Waals surface area contributed by atoms with E-state index >= 15 is 0 Å². The van der Waals surface area contributed by atoms with Crippen LogP contribution in [0.5, 0.6) is 0 Å². The van der Waals surface area contributed by atoms with Crippen molar-refractivity contribution in [3.05, 3.63) is 101 Å². The molecule has 0 aliphatic rings. The molecule has 42 heavy (non-hydrogen) atoms. The van der Waals surface area contributed by atoms with Gasteiger partial charge in [0.2, 0.25) is 5.91 Å². The van der Waals surface area contributed by atoms with Gasteiger partial charge in [-0.05, 0) is 35.4 Å². The van der Waals surface area contributed by atoms with Crippen molar-refractivity contribution < 1.29 is 29.0 Å². The maximum absolute atomic E-state index is 13.0. The van der Waals surface area contributed by atoms with Gasteiger partial charge in [0, 0.05) is 24.6 Å². The first-order valence-corrected chi connectivity index (χ1v) is 13.5. The largest absolute Gasteiger partial charge is 0.480 e. The number of carbonyl (C=O) groups excluding carboxylic acids is 3. The lowest BCUT2D eigenvalue weighted by atomic mass is 10.1. The van der Waals surface area contributed by atoms with Crippen molar-refractivity contribution in [2.45, 2.75) is 39.6 Å². The van der Waals surface area contributed by atoms with E-state index in [1.807, 2.05) is 44.2 Å². The molecule has 218 valence electrons. The molecule has 1 unspecified atom stereocenters. The number of alkyl carbamates (subject to hydrolysis) is 1. The van der Waals surface area contributed by atoms with Gasteiger partial charge >= 0.3 is 12.1 Å². The van der Waals surface area contributed by atoms with E-state index in [9.17, 15) is 24.3 Å². The van der Waals surface area contributed by atoms with Crippen LogP contribution in [0.3, 0.4) is 0 Å². The number of fused-ring (bicyclic) bond motifs is 1. The summed E-state index contributed by atoms with van der Waals surface area (Å²) in [5.74, 6) is -1.41. The minimum absolute atomic E-state index is 0.0177. The van der Waals surface area contributed by atoms with Gasteiger partial charge in [0.1, 0.15) is 18.5 Å². The van der Waals surface area contributed by atoms with Crippen molar-refractivity contribution >= 4 is 34.9 Å². The lowest BCUT2D eigenvalue weighted by Crippen LogP contribution is -2.48. The Morgan fingerprint density at radius 2 is 1.60 bits per heavy atom. The number of nitrogens with one attached hydrogen (secondary N) is 3. The molecule has 0 saturated heterocycles. The summed E-state index contributed by atoms with van der Waals surface area (Å²) in [6.45, 7) is 3.92. The number of carboxylic acids is 1. The van der Waals surface area contributed by atoms with Crippen LogP contribution in [0.1, 0.15) is 41.2 Å². The Hall–Kier alpha value is -5.19. The Morgan fingerprint density at radius 3 is 2.26 bits per heavy atom. The first-order chi connectivity index (χ1) is 20.2. The smallest absolute Gasteiger partial charge is 0.408 e. The summed E-state index contributed by atoms with van der Waals surface area (Å²) in [7, 11) is 0. The maximum Gasteiger partial charge on any atom is 0.408 e. The van der Waals surface area contributed by atoms with Crippen molar-refractivity contribution in [2.75, 3.05) is 6.54 Å². The highest BCUT2D eigenvalue weighted by molar-refractivity contribution is 5.94. The molecule has 0 aliphatic heterocycles. The maximum atomic E-state index is 13.0. The average molecular weight is 572 g/mol. The Bertz CT molecular complexity index is 1500. The fourth-order valence-electron chi connectivity index (χ4n) is 4.22. The number of hydrogen-bond donors (Lipinski definition) is 4. The molecule has 1 atom stereocenters. The van der Waals surface area contributed by atoms with Gasteiger partial charge in [-0.1, -0.05) is 68.4 Å². The van der Waals surface area contributed by atoms with E-state index in [1.165, 1.54) is 0 Å². The molecule has 3 aromatic carbocycles. The van der Waals surface area contributed by atoms with Gasteiger partial charge in [-0.2, -0.15) is 0 Å². The van der Waals surface area contributed by atoms with E-state index in [0.717, 1.165) is 22.2 Å². The predicted octanol–water partition coefficient (Wildman–Crippen LogP) is 3.86. The molecule has 11 nitrogen and oxygen atoms in total. The van der Waals surface area contributed by atoms with Crippen molar-refractivity contribution in [1.82, 2.24) is 25.5 Å². The zero-order valence-electron chi connectivity index (χ0n) is 23.4. The highest BCUT2D eigenvalue weighted by atomic mass is 16.5. The van der Waals surface area contributed by atoms with Crippen molar-refractivity contribution in [3.8, 4) is 0 Å². The van der Waals surface area contributed by atoms with E-state index in [1.54, 1.807) is 53.4 Å². The van der Waals surface area contributed by atoms with Gasteiger partial charge in [0.05, 0.1) is 17.6 Å². The van der Waals surface area contributed by atoms with Gasteiger partial charge in [-0.15, -0.1) is 0 Å². The van der Waals surface area contributed by atoms with Gasteiger partial charge in [-0.3, -0.25) is 9.59 Å². The minimum atomic E-state index is -1.38. The molecule has 0 radical (unpaired) electrons. The lowest BCUT2D eigenvalue weighted by molar-refractivity contribution is -0.139. The molecule has 1 aromatic heterocycles. The zero-order valence-corrected chi connectivity index (χ0v) is 23.4. The first-order valence-electron chi connectivity index (χ1n) is 13.5. The van der Waals surface area contributed by atoms with Crippen LogP contribution in [0, 0.1) is 5.92 Å². The van der Waals surface area contributed by atoms with Gasteiger partial charge in [0.25, 0.3) is 5.91 Å². The van der Waals surface area contributed by atoms with Crippen LogP contribution in [0.2, 0.25) is 0 Å². The van der Waals surface area contributed by atoms with E-state index in [-0.39, 0.29) is 25.0 Å². The van der Waals surface area contributed by atoms with Crippen LogP contribution in [0.15, 0.2) is 78.9 Å². The third-order valence-corrected chi connectivity index (χ3v) is 6.44. The molecule has 0 spiro atoms. The summed E-state index contributed by atoms with van der Waals surface area (Å²) in [6, 6.07) is 21.9. The lowest BCUT2D eigenvalue weighted by Gasteiger charge is -2.24. The number of ether oxygens (including phenoxy) is 1. The Labute approximate surface area is 242 Å². The molecule has 4 rings (SSSR count). The third kappa shape index (κ3) is 8.17. The molecule has 0 bridgehead atoms. The number of H-pyrrole nitrogens is 1. The molecule has 0 fully saturated rings. The summed E-state index contributed by atoms with van der Waals surface area (Å²) in [6.07, 6.45) is -0.909. The molecule has 11 heteroatoms. The second-order valence-corrected chi connectivity index (χ2v) is 10.1. The van der Waals surface area contributed by atoms with Gasteiger partial charge in [-0.25, -0.2) is 14.6 Å². The summed E-state index contributed by atoms with van der Waals surface area (Å²) in [5.41, 5.74) is 3.58. The number of amides is 3. The topological polar surface area (TPSA) is 154 Å². The number of hydrogen-bond acceptors (Lipinski definition) is 6. The van der Waals surface area contributed by atoms with E-state index in [4.69, 9.17) is 4.74 Å². The number of imidazole rings is 1. The fourth-order valence-corrected chi connectivity index (χ4v) is 4.22. The molecular formula is C31H33N5O6. The minimum Gasteiger partial charge on any atom is -0.480 e. The second-order valence-electron chi connectivity index (χ2n) is 10.1. The number of aromatic amines is 1. The molecule has 3 amide bonds. The monoisotopic (exact) mass is 571 g/mol. The molecule has 1 heterocycles. The second kappa shape index (κ2) is 13.9. The Kier molecular flexibility index (Phi) is 9.88. The normalized spacial score (nSPS) is 11.6. The Morgan fingerprint density at radius 1 is 0.905 bits per heavy atom. The van der Waals surface area contributed by atoms with E-state index in [0.29, 0.717) is 24.5 Å². The zero-order chi connectivity index (χ0) is 30.1. The van der Waals surface area contributed by atoms with Crippen LogP contribution in [0.25, 0.3) is 11.0 Å². The van der Waals surface area contributed by atoms with Crippen molar-refractivity contribution in [1.29, 1.82) is 0 Å². The number of nitrogens with zero attached hydrogens (tertiary/aromatic N) is 2. The number of carbonyl (C=O) groups is 4.